The summed E-state index contributed by atoms with van der Waals surface area (Å²) < 4.78 is 96.9. The van der Waals surface area contributed by atoms with Gasteiger partial charge in [-0.05, 0) is 36.4 Å². The standard InChI is InChI=1S/C22H11F7/c1-2-3-4-14-18(25)20(27)15(21(28)19(14)26)8-6-11-5-7-13-12(9-11)10-16(23)22(29)17(13)24/h2,5,7,9-10H,1,3-4H2. The normalized spacial score (nSPS) is 10.7. The van der Waals surface area contributed by atoms with E-state index in [0.717, 1.165) is 18.2 Å². The Kier molecular flexibility index (Phi) is 5.64. The molecule has 0 aliphatic heterocycles. The van der Waals surface area contributed by atoms with Gasteiger partial charge in [-0.3, -0.25) is 0 Å². The van der Waals surface area contributed by atoms with Crippen LogP contribution in [0.15, 0.2) is 36.9 Å². The van der Waals surface area contributed by atoms with E-state index in [2.05, 4.69) is 12.5 Å². The average Bonchev–Trinajstić information content (AvgIpc) is 2.70. The third-order valence-corrected chi connectivity index (χ3v) is 4.26. The van der Waals surface area contributed by atoms with Gasteiger partial charge in [-0.25, -0.2) is 30.7 Å². The van der Waals surface area contributed by atoms with Crippen LogP contribution in [0.3, 0.4) is 0 Å². The van der Waals surface area contributed by atoms with Crippen molar-refractivity contribution in [1.82, 2.24) is 0 Å². The number of hydrogen-bond acceptors (Lipinski definition) is 0. The summed E-state index contributed by atoms with van der Waals surface area (Å²) >= 11 is 0. The quantitative estimate of drug-likeness (QED) is 0.156. The Labute approximate surface area is 161 Å². The van der Waals surface area contributed by atoms with Crippen molar-refractivity contribution < 1.29 is 30.7 Å². The zero-order chi connectivity index (χ0) is 21.3. The van der Waals surface area contributed by atoms with Crippen LogP contribution in [0.5, 0.6) is 0 Å². The van der Waals surface area contributed by atoms with E-state index in [1.165, 1.54) is 12.1 Å². The number of halogens is 7. The van der Waals surface area contributed by atoms with E-state index >= 15 is 0 Å². The molecular formula is C22H11F7. The topological polar surface area (TPSA) is 0 Å². The van der Waals surface area contributed by atoms with Crippen LogP contribution in [0, 0.1) is 52.6 Å². The van der Waals surface area contributed by atoms with Crippen LogP contribution in [0.25, 0.3) is 10.8 Å². The Balaban J connectivity index is 2.08. The lowest BCUT2D eigenvalue weighted by Gasteiger charge is -2.08. The molecule has 3 aromatic carbocycles. The summed E-state index contributed by atoms with van der Waals surface area (Å²) in [7, 11) is 0. The average molecular weight is 408 g/mol. The van der Waals surface area contributed by atoms with E-state index in [4.69, 9.17) is 0 Å². The minimum absolute atomic E-state index is 0.0401. The summed E-state index contributed by atoms with van der Waals surface area (Å²) in [5.74, 6) is -6.54. The van der Waals surface area contributed by atoms with Gasteiger partial charge in [0.15, 0.2) is 40.7 Å². The molecule has 148 valence electrons. The summed E-state index contributed by atoms with van der Waals surface area (Å²) in [5.41, 5.74) is -1.82. The zero-order valence-corrected chi connectivity index (χ0v) is 14.7. The molecule has 0 aliphatic carbocycles. The molecule has 7 heteroatoms. The highest BCUT2D eigenvalue weighted by Gasteiger charge is 2.24. The Morgan fingerprint density at radius 2 is 1.41 bits per heavy atom. The highest BCUT2D eigenvalue weighted by molar-refractivity contribution is 5.84. The maximum atomic E-state index is 14.2. The summed E-state index contributed by atoms with van der Waals surface area (Å²) in [6.45, 7) is 3.38. The van der Waals surface area contributed by atoms with Crippen molar-refractivity contribution in [3.8, 4) is 11.8 Å². The molecule has 0 aliphatic rings. The van der Waals surface area contributed by atoms with E-state index in [0.29, 0.717) is 0 Å². The molecule has 0 spiro atoms. The second-order valence-corrected chi connectivity index (χ2v) is 6.11. The molecule has 3 rings (SSSR count). The van der Waals surface area contributed by atoms with Gasteiger partial charge in [-0.15, -0.1) is 6.58 Å². The first-order valence-corrected chi connectivity index (χ1v) is 8.31. The molecule has 0 bridgehead atoms. The van der Waals surface area contributed by atoms with Gasteiger partial charge in [0.05, 0.1) is 0 Å². The van der Waals surface area contributed by atoms with E-state index in [1.807, 2.05) is 5.92 Å². The number of rotatable bonds is 3. The molecule has 29 heavy (non-hydrogen) atoms. The van der Waals surface area contributed by atoms with Gasteiger partial charge in [-0.1, -0.05) is 24.0 Å². The molecule has 0 saturated heterocycles. The van der Waals surface area contributed by atoms with E-state index in [1.54, 1.807) is 0 Å². The number of allylic oxidation sites excluding steroid dienone is 1. The lowest BCUT2D eigenvalue weighted by Crippen LogP contribution is -2.06. The van der Waals surface area contributed by atoms with Crippen molar-refractivity contribution in [3.05, 3.63) is 94.3 Å². The lowest BCUT2D eigenvalue weighted by atomic mass is 10.0. The van der Waals surface area contributed by atoms with Gasteiger partial charge in [0.1, 0.15) is 5.56 Å². The summed E-state index contributed by atoms with van der Waals surface area (Å²) in [4.78, 5) is 0. The predicted octanol–water partition coefficient (Wildman–Crippen LogP) is 6.33. The predicted molar refractivity (Wildman–Crippen MR) is 94.6 cm³/mol. The molecule has 0 amide bonds. The first-order chi connectivity index (χ1) is 13.8. The largest absolute Gasteiger partial charge is 0.204 e. The summed E-state index contributed by atoms with van der Waals surface area (Å²) in [5, 5.41) is -0.276. The van der Waals surface area contributed by atoms with Gasteiger partial charge in [0, 0.05) is 16.5 Å². The van der Waals surface area contributed by atoms with Crippen LogP contribution >= 0.6 is 0 Å². The zero-order valence-electron chi connectivity index (χ0n) is 14.7. The van der Waals surface area contributed by atoms with Gasteiger partial charge >= 0.3 is 0 Å². The van der Waals surface area contributed by atoms with Crippen molar-refractivity contribution in [2.45, 2.75) is 12.8 Å². The van der Waals surface area contributed by atoms with Crippen LogP contribution in [0.2, 0.25) is 0 Å². The second kappa shape index (κ2) is 8.00. The Morgan fingerprint density at radius 1 is 0.759 bits per heavy atom. The molecule has 0 aromatic heterocycles. The minimum atomic E-state index is -1.64. The highest BCUT2D eigenvalue weighted by atomic mass is 19.2. The lowest BCUT2D eigenvalue weighted by molar-refractivity contribution is 0.436. The highest BCUT2D eigenvalue weighted by Crippen LogP contribution is 2.26. The number of fused-ring (bicyclic) bond motifs is 1. The second-order valence-electron chi connectivity index (χ2n) is 6.11. The third-order valence-electron chi connectivity index (χ3n) is 4.26. The molecule has 0 nitrogen and oxygen atoms in total. The van der Waals surface area contributed by atoms with Crippen LogP contribution in [0.4, 0.5) is 30.7 Å². The van der Waals surface area contributed by atoms with Gasteiger partial charge in [0.2, 0.25) is 0 Å². The molecule has 0 saturated carbocycles. The van der Waals surface area contributed by atoms with Crippen molar-refractivity contribution in [1.29, 1.82) is 0 Å². The fourth-order valence-electron chi connectivity index (χ4n) is 2.77. The molecule has 0 fully saturated rings. The SMILES string of the molecule is C=CCCc1c(F)c(F)c(C#Cc2ccc3c(F)c(F)c(F)cc3c2)c(F)c1F. The monoisotopic (exact) mass is 408 g/mol. The third kappa shape index (κ3) is 3.70. The van der Waals surface area contributed by atoms with Crippen molar-refractivity contribution >= 4 is 10.8 Å². The van der Waals surface area contributed by atoms with Crippen molar-refractivity contribution in [3.63, 3.8) is 0 Å². The van der Waals surface area contributed by atoms with E-state index in [-0.39, 0.29) is 29.2 Å². The fraction of sp³-hybridized carbons (Fsp3) is 0.0909. The minimum Gasteiger partial charge on any atom is -0.204 e. The maximum Gasteiger partial charge on any atom is 0.195 e. The first-order valence-electron chi connectivity index (χ1n) is 8.31. The first kappa shape index (κ1) is 20.5. The smallest absolute Gasteiger partial charge is 0.195 e. The summed E-state index contributed by atoms with van der Waals surface area (Å²) in [6, 6.07) is 4.17. The number of benzene rings is 3. The Bertz CT molecular complexity index is 1170. The van der Waals surface area contributed by atoms with Crippen molar-refractivity contribution in [2.24, 2.45) is 0 Å². The van der Waals surface area contributed by atoms with Gasteiger partial charge in [-0.2, -0.15) is 0 Å². The molecule has 0 heterocycles. The molecule has 3 aromatic rings. The van der Waals surface area contributed by atoms with Gasteiger partial charge in [0.25, 0.3) is 0 Å². The Hall–Kier alpha value is -3.27. The van der Waals surface area contributed by atoms with Crippen LogP contribution in [-0.4, -0.2) is 0 Å². The van der Waals surface area contributed by atoms with E-state index < -0.39 is 51.8 Å². The van der Waals surface area contributed by atoms with Crippen LogP contribution in [-0.2, 0) is 6.42 Å². The molecule has 0 radical (unpaired) electrons. The number of hydrogen-bond donors (Lipinski definition) is 0. The molecule has 0 unspecified atom stereocenters. The van der Waals surface area contributed by atoms with Gasteiger partial charge < -0.3 is 0 Å². The fourth-order valence-corrected chi connectivity index (χ4v) is 2.77. The van der Waals surface area contributed by atoms with Crippen LogP contribution < -0.4 is 0 Å². The Morgan fingerprint density at radius 3 is 2.03 bits per heavy atom. The molecular weight excluding hydrogens is 397 g/mol. The molecule has 0 atom stereocenters. The van der Waals surface area contributed by atoms with Crippen molar-refractivity contribution in [2.75, 3.05) is 0 Å². The van der Waals surface area contributed by atoms with Crippen LogP contribution in [0.1, 0.15) is 23.1 Å². The maximum absolute atomic E-state index is 14.2. The molecule has 0 N–H and O–H groups in total. The summed E-state index contributed by atoms with van der Waals surface area (Å²) in [6.07, 6.45) is 1.18. The van der Waals surface area contributed by atoms with E-state index in [9.17, 15) is 30.7 Å².